The van der Waals surface area contributed by atoms with E-state index in [-0.39, 0.29) is 31.7 Å². The van der Waals surface area contributed by atoms with Gasteiger partial charge in [-0.1, -0.05) is 41.1 Å². The van der Waals surface area contributed by atoms with Gasteiger partial charge in [0.15, 0.2) is 5.13 Å². The number of nitrogens with zero attached hydrogens (tertiary/aromatic N) is 10. The summed E-state index contributed by atoms with van der Waals surface area (Å²) in [6, 6.07) is 19.5. The lowest BCUT2D eigenvalue weighted by Gasteiger charge is -2.32. The van der Waals surface area contributed by atoms with Crippen LogP contribution in [0.4, 0.5) is 24.4 Å². The van der Waals surface area contributed by atoms with Crippen molar-refractivity contribution < 1.29 is 51.6 Å². The maximum Gasteiger partial charge on any atom is 0.325 e. The number of nitrogens with one attached hydrogen (secondary N) is 3. The van der Waals surface area contributed by atoms with Crippen molar-refractivity contribution in [2.75, 3.05) is 123 Å². The van der Waals surface area contributed by atoms with E-state index in [9.17, 15) is 28.0 Å². The zero-order valence-corrected chi connectivity index (χ0v) is 50.3. The van der Waals surface area contributed by atoms with Crippen molar-refractivity contribution in [2.24, 2.45) is 7.05 Å². The summed E-state index contributed by atoms with van der Waals surface area (Å²) in [4.78, 5) is 64.3. The molecule has 0 spiro atoms. The van der Waals surface area contributed by atoms with Gasteiger partial charge >= 0.3 is 6.03 Å². The second-order valence-corrected chi connectivity index (χ2v) is 21.8. The highest BCUT2D eigenvalue weighted by atomic mass is 35.5. The van der Waals surface area contributed by atoms with Gasteiger partial charge in [0.1, 0.15) is 24.1 Å². The number of halogens is 3. The number of carbonyl (C=O) groups is 4. The topological polar surface area (TPSA) is 225 Å². The minimum atomic E-state index is -2.86. The Hall–Kier alpha value is -7.13. The number of likely N-dealkylation sites (N-methyl/N-ethyl adjacent to an activating group) is 2. The highest BCUT2D eigenvalue weighted by Crippen LogP contribution is 2.27. The molecular formula is C59H78ClF2N13O9S. The predicted molar refractivity (Wildman–Crippen MR) is 319 cm³/mol. The normalized spacial score (nSPS) is 13.1. The van der Waals surface area contributed by atoms with Gasteiger partial charge in [0, 0.05) is 92.7 Å². The van der Waals surface area contributed by atoms with E-state index in [1.807, 2.05) is 42.4 Å². The molecular weight excluding hydrogens is 1140 g/mol. The number of alkyl halides is 2. The minimum Gasteiger partial charge on any atom is -0.494 e. The zero-order chi connectivity index (χ0) is 60.3. The molecule has 3 N–H and O–H groups in total. The number of ether oxygens (including phenoxy) is 5. The van der Waals surface area contributed by atoms with Gasteiger partial charge in [-0.25, -0.2) is 23.2 Å². The van der Waals surface area contributed by atoms with E-state index in [0.717, 1.165) is 60.7 Å². The Morgan fingerprint density at radius 1 is 0.765 bits per heavy atom. The predicted octanol–water partition coefficient (Wildman–Crippen LogP) is 6.94. The van der Waals surface area contributed by atoms with E-state index in [0.29, 0.717) is 123 Å². The van der Waals surface area contributed by atoms with Crippen molar-refractivity contribution in [1.29, 1.82) is 0 Å². The highest BCUT2D eigenvalue weighted by molar-refractivity contribution is 7.14. The van der Waals surface area contributed by atoms with E-state index in [4.69, 9.17) is 35.3 Å². The van der Waals surface area contributed by atoms with Gasteiger partial charge in [-0.15, -0.1) is 16.4 Å². The number of aryl methyl sites for hydroxylation is 2. The fraction of sp³-hybridized carbons (Fsp3) is 0.492. The molecule has 1 aliphatic rings. The van der Waals surface area contributed by atoms with E-state index >= 15 is 0 Å². The average Bonchev–Trinajstić information content (AvgIpc) is 3.07. The molecule has 0 aliphatic carbocycles. The first-order chi connectivity index (χ1) is 41.1. The van der Waals surface area contributed by atoms with Crippen molar-refractivity contribution in [3.05, 3.63) is 129 Å². The van der Waals surface area contributed by atoms with Gasteiger partial charge in [-0.2, -0.15) is 5.10 Å². The number of urea groups is 1. The van der Waals surface area contributed by atoms with Crippen LogP contribution in [0.2, 0.25) is 5.02 Å². The lowest BCUT2D eigenvalue weighted by molar-refractivity contribution is -0.143. The third kappa shape index (κ3) is 22.7. The number of benzene rings is 3. The summed E-state index contributed by atoms with van der Waals surface area (Å²) in [6.45, 7) is 10.00. The van der Waals surface area contributed by atoms with Crippen LogP contribution in [0.5, 0.6) is 11.5 Å². The first-order valence-corrected chi connectivity index (χ1v) is 29.7. The second-order valence-electron chi connectivity index (χ2n) is 20.5. The van der Waals surface area contributed by atoms with Crippen LogP contribution in [0.1, 0.15) is 59.1 Å². The second kappa shape index (κ2) is 34.7. The maximum absolute atomic E-state index is 14.0. The number of anilines is 2. The number of thiazole rings is 1. The van der Waals surface area contributed by atoms with E-state index < -0.39 is 36.9 Å². The van der Waals surface area contributed by atoms with Crippen LogP contribution in [-0.4, -0.2) is 192 Å². The number of amides is 5. The summed E-state index contributed by atoms with van der Waals surface area (Å²) in [5.41, 5.74) is 4.59. The number of aromatic nitrogens is 6. The first kappa shape index (κ1) is 65.4. The largest absolute Gasteiger partial charge is 0.494 e. The number of unbranched alkanes of at least 4 members (excludes halogenated alkanes) is 1. The van der Waals surface area contributed by atoms with Crippen molar-refractivity contribution in [3.8, 4) is 11.5 Å². The third-order valence-electron chi connectivity index (χ3n) is 14.0. The summed E-state index contributed by atoms with van der Waals surface area (Å²) >= 11 is 7.28. The SMILES string of the molecule is Cc1c(C(C(=O)NCc2ccc(Cl)cc2)N(CC(F)F)C(=O)CCc2ccc(OCCCCN(C)CCOCCOCCc3cn(CCOCCOc4ccc(NC(=O)Nc5nc(CC(=O)N6CCN(C)CC6)cs5)cc4)nn3)cc2)cnn1C. The fourth-order valence-electron chi connectivity index (χ4n) is 8.98. The summed E-state index contributed by atoms with van der Waals surface area (Å²) < 4.78 is 60.4. The Labute approximate surface area is 504 Å². The van der Waals surface area contributed by atoms with Gasteiger partial charge in [0.05, 0.1) is 83.3 Å². The van der Waals surface area contributed by atoms with Crippen LogP contribution in [-0.2, 0) is 68.0 Å². The number of carbonyl (C=O) groups excluding carboxylic acids is 4. The van der Waals surface area contributed by atoms with Crippen LogP contribution in [0.15, 0.2) is 90.6 Å². The number of hydrogen-bond acceptors (Lipinski definition) is 16. The van der Waals surface area contributed by atoms with Crippen molar-refractivity contribution in [2.45, 2.75) is 71.0 Å². The van der Waals surface area contributed by atoms with Gasteiger partial charge in [0.2, 0.25) is 17.7 Å². The summed E-state index contributed by atoms with van der Waals surface area (Å²) in [5.74, 6) is 0.200. The summed E-state index contributed by atoms with van der Waals surface area (Å²) in [6.07, 6.45) is 3.27. The Balaban J connectivity index is 0.667. The van der Waals surface area contributed by atoms with Gasteiger partial charge in [0.25, 0.3) is 6.43 Å². The molecule has 0 radical (unpaired) electrons. The lowest BCUT2D eigenvalue weighted by atomic mass is 10.0. The Morgan fingerprint density at radius 3 is 2.16 bits per heavy atom. The molecule has 1 atom stereocenters. The molecule has 1 saturated heterocycles. The minimum absolute atomic E-state index is 0.0404. The molecule has 3 aromatic carbocycles. The molecule has 85 heavy (non-hydrogen) atoms. The van der Waals surface area contributed by atoms with Crippen LogP contribution in [0, 0.1) is 6.92 Å². The van der Waals surface area contributed by atoms with Crippen LogP contribution < -0.4 is 25.4 Å². The molecule has 3 aromatic heterocycles. The monoisotopic (exact) mass is 1220 g/mol. The number of hydrogen-bond donors (Lipinski definition) is 3. The Bertz CT molecular complexity index is 2980. The number of rotatable bonds is 36. The lowest BCUT2D eigenvalue weighted by Crippen LogP contribution is -2.47. The van der Waals surface area contributed by atoms with Crippen LogP contribution >= 0.6 is 22.9 Å². The number of piperazine rings is 1. The molecule has 4 heterocycles. The van der Waals surface area contributed by atoms with Crippen LogP contribution in [0.25, 0.3) is 0 Å². The smallest absolute Gasteiger partial charge is 0.325 e. The standard InChI is InChI=1S/C59H78ClF2N13O9S/c1-43-52(39-64-72(43)4)56(57(78)63-38-45-7-12-46(60)13-8-45)75(41-53(61)62)54(76)20-11-44-9-16-50(17-10-44)83-29-6-5-22-70(2)27-31-81-34-33-80-30-21-48-40-74(69-68-48)28-32-82-35-36-84-51-18-14-47(15-19-51)65-58(79)67-59-66-49(42-85-59)37-55(77)73-25-23-71(3)24-26-73/h7-10,12-19,39-40,42,53,56H,5-6,11,20-38,41H2,1-4H3,(H,63,78)(H2,65,66,67,79). The highest BCUT2D eigenvalue weighted by Gasteiger charge is 2.35. The molecule has 5 amide bonds. The van der Waals surface area contributed by atoms with Crippen LogP contribution in [0.3, 0.4) is 0 Å². The maximum atomic E-state index is 14.0. The quantitative estimate of drug-likeness (QED) is 0.0339. The van der Waals surface area contributed by atoms with E-state index in [1.54, 1.807) is 77.2 Å². The van der Waals surface area contributed by atoms with Crippen molar-refractivity contribution in [1.82, 2.24) is 54.7 Å². The Morgan fingerprint density at radius 2 is 1.45 bits per heavy atom. The molecule has 0 bridgehead atoms. The molecule has 1 unspecified atom stereocenters. The van der Waals surface area contributed by atoms with Gasteiger partial charge in [-0.05, 0) is 106 Å². The molecule has 7 rings (SSSR count). The molecule has 1 fully saturated rings. The third-order valence-corrected chi connectivity index (χ3v) is 15.1. The first-order valence-electron chi connectivity index (χ1n) is 28.5. The van der Waals surface area contributed by atoms with Gasteiger partial charge in [-0.3, -0.25) is 24.4 Å². The molecule has 0 saturated carbocycles. The molecule has 26 heteroatoms. The summed E-state index contributed by atoms with van der Waals surface area (Å²) in [5, 5.41) is 23.7. The summed E-state index contributed by atoms with van der Waals surface area (Å²) in [7, 11) is 5.78. The van der Waals surface area contributed by atoms with Crippen molar-refractivity contribution in [3.63, 3.8) is 0 Å². The molecule has 460 valence electrons. The molecule has 22 nitrogen and oxygen atoms in total. The molecule has 6 aromatic rings. The van der Waals surface area contributed by atoms with Crippen molar-refractivity contribution >= 4 is 57.5 Å². The van der Waals surface area contributed by atoms with E-state index in [1.165, 1.54) is 17.5 Å². The van der Waals surface area contributed by atoms with E-state index in [2.05, 4.69) is 53.2 Å². The Kier molecular flexibility index (Phi) is 26.7. The zero-order valence-electron chi connectivity index (χ0n) is 48.8. The van der Waals surface area contributed by atoms with Gasteiger partial charge < -0.3 is 53.9 Å². The molecule has 1 aliphatic heterocycles. The fourth-order valence-corrected chi connectivity index (χ4v) is 9.81. The average molecular weight is 1220 g/mol.